The van der Waals surface area contributed by atoms with Crippen LogP contribution in [0.4, 0.5) is 0 Å². The summed E-state index contributed by atoms with van der Waals surface area (Å²) in [5, 5.41) is 0.823. The summed E-state index contributed by atoms with van der Waals surface area (Å²) in [5.41, 5.74) is 0. The van der Waals surface area contributed by atoms with Gasteiger partial charge in [0, 0.05) is 18.3 Å². The number of thioether (sulfide) groups is 1. The lowest BCUT2D eigenvalue weighted by Crippen LogP contribution is -2.32. The second-order valence-corrected chi connectivity index (χ2v) is 5.20. The lowest BCUT2D eigenvalue weighted by molar-refractivity contribution is 0.0452. The minimum atomic E-state index is 0.494. The van der Waals surface area contributed by atoms with E-state index in [2.05, 4.69) is 13.0 Å². The molecule has 0 saturated heterocycles. The smallest absolute Gasteiger partial charge is 0.0645 e. The number of hydrogen-bond donors (Lipinski definition) is 0. The highest BCUT2D eigenvalue weighted by molar-refractivity contribution is 8.03. The predicted octanol–water partition coefficient (Wildman–Crippen LogP) is 2.82. The summed E-state index contributed by atoms with van der Waals surface area (Å²) in [7, 11) is 1.85. The van der Waals surface area contributed by atoms with Gasteiger partial charge in [-0.2, -0.15) is 0 Å². The van der Waals surface area contributed by atoms with Crippen LogP contribution in [0.2, 0.25) is 0 Å². The number of ether oxygens (including phenoxy) is 1. The van der Waals surface area contributed by atoms with Crippen LogP contribution in [0.25, 0.3) is 0 Å². The van der Waals surface area contributed by atoms with Gasteiger partial charge in [0.25, 0.3) is 0 Å². The fraction of sp³-hybridized carbons (Fsp3) is 0.800. The van der Waals surface area contributed by atoms with Crippen LogP contribution in [-0.2, 0) is 4.74 Å². The van der Waals surface area contributed by atoms with Gasteiger partial charge in [0.05, 0.1) is 6.10 Å². The Morgan fingerprint density at radius 2 is 2.33 bits per heavy atom. The zero-order valence-corrected chi connectivity index (χ0v) is 8.56. The van der Waals surface area contributed by atoms with E-state index in [0.29, 0.717) is 12.0 Å². The second-order valence-electron chi connectivity index (χ2n) is 3.72. The van der Waals surface area contributed by atoms with E-state index in [0.717, 1.165) is 5.25 Å². The van der Waals surface area contributed by atoms with E-state index in [1.54, 1.807) is 0 Å². The number of allylic oxidation sites excluding steroid dienone is 1. The molecule has 0 aromatic rings. The van der Waals surface area contributed by atoms with Crippen LogP contribution in [0.15, 0.2) is 11.0 Å². The average molecular weight is 184 g/mol. The molecule has 1 aliphatic carbocycles. The van der Waals surface area contributed by atoms with Crippen LogP contribution in [0.3, 0.4) is 0 Å². The van der Waals surface area contributed by atoms with Crippen molar-refractivity contribution in [2.45, 2.75) is 37.5 Å². The third kappa shape index (κ3) is 1.42. The van der Waals surface area contributed by atoms with Gasteiger partial charge in [0.15, 0.2) is 0 Å². The van der Waals surface area contributed by atoms with Crippen molar-refractivity contribution in [3.63, 3.8) is 0 Å². The first kappa shape index (κ1) is 8.64. The molecule has 12 heavy (non-hydrogen) atoms. The first-order valence-electron chi connectivity index (χ1n) is 4.69. The molecule has 2 heteroatoms. The van der Waals surface area contributed by atoms with Crippen LogP contribution in [0, 0.1) is 5.92 Å². The van der Waals surface area contributed by atoms with Crippen LogP contribution in [0.1, 0.15) is 26.2 Å². The van der Waals surface area contributed by atoms with E-state index in [4.69, 9.17) is 4.74 Å². The number of hydrogen-bond acceptors (Lipinski definition) is 2. The van der Waals surface area contributed by atoms with Crippen molar-refractivity contribution >= 4 is 11.8 Å². The number of fused-ring (bicyclic) bond motifs is 1. The van der Waals surface area contributed by atoms with E-state index >= 15 is 0 Å². The maximum atomic E-state index is 5.50. The fourth-order valence-electron chi connectivity index (χ4n) is 2.32. The van der Waals surface area contributed by atoms with Crippen LogP contribution in [-0.4, -0.2) is 18.5 Å². The molecule has 2 aliphatic rings. The molecular formula is C10H16OS. The Kier molecular flexibility index (Phi) is 2.47. The van der Waals surface area contributed by atoms with E-state index in [1.807, 2.05) is 18.9 Å². The molecule has 1 aliphatic heterocycles. The van der Waals surface area contributed by atoms with Crippen molar-refractivity contribution in [1.29, 1.82) is 0 Å². The van der Waals surface area contributed by atoms with Crippen molar-refractivity contribution in [3.8, 4) is 0 Å². The van der Waals surface area contributed by atoms with Crippen molar-refractivity contribution < 1.29 is 4.74 Å². The maximum absolute atomic E-state index is 5.50. The second kappa shape index (κ2) is 3.43. The Morgan fingerprint density at radius 3 is 3.08 bits per heavy atom. The van der Waals surface area contributed by atoms with Crippen LogP contribution < -0.4 is 0 Å². The topological polar surface area (TPSA) is 9.23 Å². The normalized spacial score (nSPS) is 40.8. The van der Waals surface area contributed by atoms with Gasteiger partial charge >= 0.3 is 0 Å². The molecule has 0 aromatic carbocycles. The molecule has 0 aromatic heterocycles. The molecule has 3 atom stereocenters. The summed E-state index contributed by atoms with van der Waals surface area (Å²) >= 11 is 2.05. The van der Waals surface area contributed by atoms with Crippen molar-refractivity contribution in [2.24, 2.45) is 5.92 Å². The average Bonchev–Trinajstić information content (AvgIpc) is 2.44. The summed E-state index contributed by atoms with van der Waals surface area (Å²) in [6, 6.07) is 0. The molecule has 3 unspecified atom stereocenters. The predicted molar refractivity (Wildman–Crippen MR) is 53.3 cm³/mol. The van der Waals surface area contributed by atoms with Gasteiger partial charge in [-0.3, -0.25) is 0 Å². The molecule has 0 amide bonds. The lowest BCUT2D eigenvalue weighted by atomic mass is 9.86. The SMILES string of the molecule is COC1CCCC2SC(C)=CC12. The zero-order chi connectivity index (χ0) is 8.55. The third-order valence-electron chi connectivity index (χ3n) is 2.90. The first-order valence-corrected chi connectivity index (χ1v) is 5.57. The Hall–Kier alpha value is 0.0500. The van der Waals surface area contributed by atoms with E-state index in [-0.39, 0.29) is 0 Å². The molecule has 1 fully saturated rings. The van der Waals surface area contributed by atoms with Crippen LogP contribution >= 0.6 is 11.8 Å². The summed E-state index contributed by atoms with van der Waals surface area (Å²) in [6.07, 6.45) is 6.87. The molecule has 0 spiro atoms. The largest absolute Gasteiger partial charge is 0.381 e. The minimum Gasteiger partial charge on any atom is -0.381 e. The highest BCUT2D eigenvalue weighted by Gasteiger charge is 2.35. The molecule has 0 radical (unpaired) electrons. The number of methoxy groups -OCH3 is 1. The van der Waals surface area contributed by atoms with Gasteiger partial charge in [0.1, 0.15) is 0 Å². The summed E-state index contributed by atoms with van der Waals surface area (Å²) in [4.78, 5) is 1.49. The van der Waals surface area contributed by atoms with Crippen molar-refractivity contribution in [1.82, 2.24) is 0 Å². The first-order chi connectivity index (χ1) is 5.81. The van der Waals surface area contributed by atoms with E-state index in [1.165, 1.54) is 24.2 Å². The summed E-state index contributed by atoms with van der Waals surface area (Å²) < 4.78 is 5.50. The van der Waals surface area contributed by atoms with E-state index in [9.17, 15) is 0 Å². The molecule has 2 rings (SSSR count). The summed E-state index contributed by atoms with van der Waals surface area (Å²) in [6.45, 7) is 2.22. The molecule has 68 valence electrons. The Morgan fingerprint density at radius 1 is 1.50 bits per heavy atom. The van der Waals surface area contributed by atoms with Gasteiger partial charge in [-0.15, -0.1) is 11.8 Å². The van der Waals surface area contributed by atoms with Crippen molar-refractivity contribution in [3.05, 3.63) is 11.0 Å². The molecule has 1 saturated carbocycles. The van der Waals surface area contributed by atoms with Gasteiger partial charge < -0.3 is 4.74 Å². The van der Waals surface area contributed by atoms with Crippen molar-refractivity contribution in [2.75, 3.05) is 7.11 Å². The maximum Gasteiger partial charge on any atom is 0.0645 e. The van der Waals surface area contributed by atoms with Crippen LogP contribution in [0.5, 0.6) is 0 Å². The molecule has 1 nitrogen and oxygen atoms in total. The monoisotopic (exact) mass is 184 g/mol. The molecule has 0 bridgehead atoms. The third-order valence-corrected chi connectivity index (χ3v) is 4.26. The molecule has 1 heterocycles. The molecular weight excluding hydrogens is 168 g/mol. The van der Waals surface area contributed by atoms with E-state index < -0.39 is 0 Å². The summed E-state index contributed by atoms with van der Waals surface area (Å²) in [5.74, 6) is 0.703. The minimum absolute atomic E-state index is 0.494. The Bertz CT molecular complexity index is 200. The highest BCUT2D eigenvalue weighted by Crippen LogP contribution is 2.44. The van der Waals surface area contributed by atoms with Gasteiger partial charge in [-0.1, -0.05) is 6.08 Å². The zero-order valence-electron chi connectivity index (χ0n) is 7.75. The fourth-order valence-corrected chi connectivity index (χ4v) is 3.73. The van der Waals surface area contributed by atoms with Gasteiger partial charge in [-0.25, -0.2) is 0 Å². The Balaban J connectivity index is 2.10. The quantitative estimate of drug-likeness (QED) is 0.619. The van der Waals surface area contributed by atoms with Gasteiger partial charge in [-0.05, 0) is 31.1 Å². The Labute approximate surface area is 78.6 Å². The van der Waals surface area contributed by atoms with Gasteiger partial charge in [0.2, 0.25) is 0 Å². The lowest BCUT2D eigenvalue weighted by Gasteiger charge is -2.31. The molecule has 0 N–H and O–H groups in total. The number of rotatable bonds is 1. The standard InChI is InChI=1S/C10H16OS/c1-7-6-8-9(11-2)4-3-5-10(8)12-7/h6,8-10H,3-5H2,1-2H3. The highest BCUT2D eigenvalue weighted by atomic mass is 32.2.